The third-order valence-electron chi connectivity index (χ3n) is 7.21. The third-order valence-corrected chi connectivity index (χ3v) is 7.21. The summed E-state index contributed by atoms with van der Waals surface area (Å²) in [6, 6.07) is 7.54. The van der Waals surface area contributed by atoms with Crippen LogP contribution in [0.15, 0.2) is 41.9 Å². The Kier molecular flexibility index (Phi) is 4.59. The number of allylic oxidation sites excluding steroid dienone is 1. The Morgan fingerprint density at radius 3 is 2.72 bits per heavy atom. The molecule has 1 saturated carbocycles. The summed E-state index contributed by atoms with van der Waals surface area (Å²) in [4.78, 5) is 7.49. The van der Waals surface area contributed by atoms with Crippen molar-refractivity contribution in [1.29, 1.82) is 0 Å². The smallest absolute Gasteiger partial charge is 0.124 e. The fourth-order valence-electron chi connectivity index (χ4n) is 5.58. The summed E-state index contributed by atoms with van der Waals surface area (Å²) in [6.07, 6.45) is 1.90. The van der Waals surface area contributed by atoms with Crippen molar-refractivity contribution in [2.24, 2.45) is 29.2 Å². The predicted molar refractivity (Wildman–Crippen MR) is 114 cm³/mol. The normalized spacial score (nSPS) is 32.7. The summed E-state index contributed by atoms with van der Waals surface area (Å²) in [5.41, 5.74) is 14.7. The highest BCUT2D eigenvalue weighted by molar-refractivity contribution is 5.70. The van der Waals surface area contributed by atoms with Gasteiger partial charge in [0.05, 0.1) is 11.7 Å². The van der Waals surface area contributed by atoms with E-state index < -0.39 is 0 Å². The largest absolute Gasteiger partial charge is 0.507 e. The Morgan fingerprint density at radius 2 is 1.97 bits per heavy atom. The zero-order chi connectivity index (χ0) is 20.1. The molecule has 3 fully saturated rings. The van der Waals surface area contributed by atoms with Crippen molar-refractivity contribution < 1.29 is 5.11 Å². The molecule has 0 radical (unpaired) electrons. The van der Waals surface area contributed by atoms with Crippen LogP contribution in [-0.4, -0.2) is 78.7 Å². The van der Waals surface area contributed by atoms with E-state index in [0.717, 1.165) is 49.6 Å². The molecule has 0 spiro atoms. The molecule has 2 saturated heterocycles. The number of hydrogen-bond acceptors (Lipinski definition) is 7. The van der Waals surface area contributed by atoms with E-state index in [0.29, 0.717) is 23.1 Å². The van der Waals surface area contributed by atoms with Crippen molar-refractivity contribution in [2.45, 2.75) is 6.04 Å². The summed E-state index contributed by atoms with van der Waals surface area (Å²) in [7, 11) is 2.24. The third kappa shape index (κ3) is 3.42. The van der Waals surface area contributed by atoms with E-state index in [1.54, 1.807) is 12.1 Å². The highest BCUT2D eigenvalue weighted by atomic mass is 16.3. The van der Waals surface area contributed by atoms with Gasteiger partial charge < -0.3 is 31.7 Å². The molecule has 5 rings (SSSR count). The first-order valence-corrected chi connectivity index (χ1v) is 10.7. The van der Waals surface area contributed by atoms with Gasteiger partial charge in [-0.25, -0.2) is 0 Å². The molecule has 3 atom stereocenters. The molecular formula is C22H32N6O. The average molecular weight is 397 g/mol. The maximum absolute atomic E-state index is 10.1. The zero-order valence-electron chi connectivity index (χ0n) is 17.1. The van der Waals surface area contributed by atoms with Crippen molar-refractivity contribution in [3.63, 3.8) is 0 Å². The number of piperidine rings is 1. The number of benzene rings is 1. The molecule has 29 heavy (non-hydrogen) atoms. The van der Waals surface area contributed by atoms with E-state index in [1.165, 1.54) is 19.6 Å². The first-order valence-electron chi connectivity index (χ1n) is 10.7. The molecule has 3 heterocycles. The lowest BCUT2D eigenvalue weighted by molar-refractivity contribution is 0.0881. The van der Waals surface area contributed by atoms with Gasteiger partial charge in [0.25, 0.3) is 0 Å². The standard InChI is InChI=1S/C22H32N6O/c1-26-11-16-17(12-26)18(16)13-27-6-7-28-14(10-27)9-25-22(24)20(28)8-19(23)15-4-2-3-5-21(15)29/h2-5,8,14,16-18,25,29H,6-7,9-13,23-24H2,1H3/b19-8-. The number of nitrogens with zero attached hydrogens (tertiary/aromatic N) is 3. The van der Waals surface area contributed by atoms with E-state index in [1.807, 2.05) is 18.2 Å². The van der Waals surface area contributed by atoms with Crippen molar-refractivity contribution >= 4 is 5.70 Å². The van der Waals surface area contributed by atoms with Crippen LogP contribution in [0.3, 0.4) is 0 Å². The second kappa shape index (κ2) is 7.15. The van der Waals surface area contributed by atoms with E-state index in [-0.39, 0.29) is 5.75 Å². The number of phenolic OH excluding ortho intramolecular Hbond substituents is 1. The van der Waals surface area contributed by atoms with E-state index in [9.17, 15) is 5.11 Å². The lowest BCUT2D eigenvalue weighted by Gasteiger charge is -2.46. The Labute approximate surface area is 172 Å². The molecule has 0 aromatic heterocycles. The molecule has 3 unspecified atom stereocenters. The molecule has 7 nitrogen and oxygen atoms in total. The first kappa shape index (κ1) is 18.6. The van der Waals surface area contributed by atoms with Crippen molar-refractivity contribution in [3.8, 4) is 5.75 Å². The van der Waals surface area contributed by atoms with Crippen LogP contribution in [0.25, 0.3) is 5.70 Å². The van der Waals surface area contributed by atoms with E-state index >= 15 is 0 Å². The van der Waals surface area contributed by atoms with Gasteiger partial charge >= 0.3 is 0 Å². The fourth-order valence-corrected chi connectivity index (χ4v) is 5.58. The van der Waals surface area contributed by atoms with Gasteiger partial charge in [-0.3, -0.25) is 4.90 Å². The predicted octanol–water partition coefficient (Wildman–Crippen LogP) is 0.217. The lowest BCUT2D eigenvalue weighted by atomic mass is 10.0. The van der Waals surface area contributed by atoms with E-state index in [2.05, 4.69) is 27.1 Å². The van der Waals surface area contributed by atoms with Crippen LogP contribution in [0.2, 0.25) is 0 Å². The number of phenols is 1. The molecule has 156 valence electrons. The summed E-state index contributed by atoms with van der Waals surface area (Å²) in [5.74, 6) is 3.59. The highest BCUT2D eigenvalue weighted by Gasteiger charge is 2.55. The van der Waals surface area contributed by atoms with Crippen molar-refractivity contribution in [1.82, 2.24) is 20.0 Å². The Morgan fingerprint density at radius 1 is 1.21 bits per heavy atom. The molecule has 1 aromatic carbocycles. The van der Waals surface area contributed by atoms with Gasteiger partial charge in [-0.15, -0.1) is 0 Å². The zero-order valence-corrected chi connectivity index (χ0v) is 17.1. The monoisotopic (exact) mass is 396 g/mol. The minimum Gasteiger partial charge on any atom is -0.507 e. The van der Waals surface area contributed by atoms with Crippen LogP contribution in [0.5, 0.6) is 5.75 Å². The Hall–Kier alpha value is -2.38. The highest BCUT2D eigenvalue weighted by Crippen LogP contribution is 2.51. The second-order valence-electron chi connectivity index (χ2n) is 9.12. The SMILES string of the molecule is CN1CC2C(C1)C2CN1CCN2C(/C=C(\N)c3ccccc3O)=C(N)NCC2C1. The molecule has 6 N–H and O–H groups in total. The van der Waals surface area contributed by atoms with Gasteiger partial charge in [-0.2, -0.15) is 0 Å². The summed E-state index contributed by atoms with van der Waals surface area (Å²) < 4.78 is 0. The topological polar surface area (TPSA) is 94.0 Å². The number of fused-ring (bicyclic) bond motifs is 2. The quantitative estimate of drug-likeness (QED) is 0.578. The number of hydrogen-bond donors (Lipinski definition) is 4. The van der Waals surface area contributed by atoms with Crippen LogP contribution in [0.1, 0.15) is 5.56 Å². The fraction of sp³-hybridized carbons (Fsp3) is 0.545. The number of aromatic hydroxyl groups is 1. The molecule has 4 aliphatic rings. The minimum absolute atomic E-state index is 0.186. The Bertz CT molecular complexity index is 839. The maximum atomic E-state index is 10.1. The molecular weight excluding hydrogens is 364 g/mol. The van der Waals surface area contributed by atoms with Gasteiger partial charge in [0.2, 0.25) is 0 Å². The number of likely N-dealkylation sites (tertiary alicyclic amines) is 1. The number of nitrogens with one attached hydrogen (secondary N) is 1. The summed E-state index contributed by atoms with van der Waals surface area (Å²) in [6.45, 7) is 7.71. The van der Waals surface area contributed by atoms with Gasteiger partial charge in [0.1, 0.15) is 11.6 Å². The molecule has 7 heteroatoms. The number of para-hydroxylation sites is 1. The Balaban J connectivity index is 1.27. The number of rotatable bonds is 4. The minimum atomic E-state index is 0.186. The van der Waals surface area contributed by atoms with Gasteiger partial charge in [0.15, 0.2) is 0 Å². The summed E-state index contributed by atoms with van der Waals surface area (Å²) in [5, 5.41) is 13.5. The average Bonchev–Trinajstić information content (AvgIpc) is 3.15. The van der Waals surface area contributed by atoms with E-state index in [4.69, 9.17) is 11.5 Å². The summed E-state index contributed by atoms with van der Waals surface area (Å²) >= 11 is 0. The van der Waals surface area contributed by atoms with Crippen molar-refractivity contribution in [3.05, 3.63) is 47.4 Å². The molecule has 3 aliphatic heterocycles. The first-order chi connectivity index (χ1) is 14.0. The number of nitrogens with two attached hydrogens (primary N) is 2. The van der Waals surface area contributed by atoms with Crippen LogP contribution >= 0.6 is 0 Å². The van der Waals surface area contributed by atoms with Gasteiger partial charge in [-0.1, -0.05) is 12.1 Å². The van der Waals surface area contributed by atoms with Crippen LogP contribution in [0, 0.1) is 17.8 Å². The van der Waals surface area contributed by atoms with Crippen LogP contribution in [0.4, 0.5) is 0 Å². The second-order valence-corrected chi connectivity index (χ2v) is 9.12. The van der Waals surface area contributed by atoms with Crippen molar-refractivity contribution in [2.75, 3.05) is 52.9 Å². The molecule has 0 bridgehead atoms. The van der Waals surface area contributed by atoms with Crippen LogP contribution in [-0.2, 0) is 0 Å². The van der Waals surface area contributed by atoms with Gasteiger partial charge in [0, 0.05) is 57.1 Å². The van der Waals surface area contributed by atoms with Gasteiger partial charge in [-0.05, 0) is 43.0 Å². The molecule has 1 aromatic rings. The molecule has 1 aliphatic carbocycles. The number of piperazine rings is 1. The lowest BCUT2D eigenvalue weighted by Crippen LogP contribution is -2.59. The maximum Gasteiger partial charge on any atom is 0.124 e. The molecule has 0 amide bonds. The van der Waals surface area contributed by atoms with Crippen LogP contribution < -0.4 is 16.8 Å².